The number of carbonyl (C=O) groups excluding carboxylic acids is 3. The summed E-state index contributed by atoms with van der Waals surface area (Å²) in [6.45, 7) is -1.01. The molecule has 0 bridgehead atoms. The van der Waals surface area contributed by atoms with Crippen LogP contribution in [0.3, 0.4) is 0 Å². The second-order valence-corrected chi connectivity index (χ2v) is 9.21. The topological polar surface area (TPSA) is 146 Å². The van der Waals surface area contributed by atoms with E-state index in [2.05, 4.69) is 27.8 Å². The Kier molecular flexibility index (Phi) is 12.7. The first-order valence-electron chi connectivity index (χ1n) is 12.7. The van der Waals surface area contributed by atoms with Crippen LogP contribution in [0.1, 0.15) is 45.6 Å². The average Bonchev–Trinajstić information content (AvgIpc) is 2.98. The fraction of sp³-hybridized carbons (Fsp3) is 0.233. The van der Waals surface area contributed by atoms with Gasteiger partial charge in [-0.15, -0.1) is 0 Å². The van der Waals surface area contributed by atoms with Crippen LogP contribution in [0.15, 0.2) is 66.7 Å². The summed E-state index contributed by atoms with van der Waals surface area (Å²) in [5.74, 6) is 3.79. The van der Waals surface area contributed by atoms with E-state index in [9.17, 15) is 40.7 Å². The molecule has 7 N–H and O–H groups in total. The number of hydroxylamine groups is 1. The van der Waals surface area contributed by atoms with E-state index in [-0.39, 0.29) is 37.7 Å². The van der Waals surface area contributed by atoms with Crippen LogP contribution in [0, 0.1) is 11.8 Å². The molecule has 0 spiro atoms. The standard InChI is InChI=1S/C29H25F6N5O4.CH4/c30-28(31,32)21-11-19(12-22(13-21)29(33,34)35)15-37-16-25(41)38-23-9-5-18(6-10-23)2-1-17-3-7-20(8-4-17)26(42)39-24(14-36)27(43)40-44;/h3-13,24,37,44H,14-16,36H2,(H,38,41)(H,39,42)(H,40,43);1H4/t24-;/m0./s1. The molecule has 0 radical (unpaired) electrons. The number of benzene rings is 3. The van der Waals surface area contributed by atoms with E-state index in [0.29, 0.717) is 28.9 Å². The lowest BCUT2D eigenvalue weighted by atomic mass is 10.0. The van der Waals surface area contributed by atoms with Gasteiger partial charge in [-0.1, -0.05) is 19.3 Å². The minimum Gasteiger partial charge on any atom is -0.339 e. The van der Waals surface area contributed by atoms with E-state index < -0.39 is 53.8 Å². The van der Waals surface area contributed by atoms with Gasteiger partial charge in [-0.25, -0.2) is 5.48 Å². The number of nitrogens with two attached hydrogens (primary N) is 1. The highest BCUT2D eigenvalue weighted by molar-refractivity contribution is 5.97. The molecule has 45 heavy (non-hydrogen) atoms. The highest BCUT2D eigenvalue weighted by Gasteiger charge is 2.36. The Labute approximate surface area is 254 Å². The van der Waals surface area contributed by atoms with Crippen LogP contribution in [0.4, 0.5) is 32.0 Å². The Morgan fingerprint density at radius 3 is 1.80 bits per heavy atom. The van der Waals surface area contributed by atoms with Gasteiger partial charge < -0.3 is 21.7 Å². The molecule has 0 aliphatic rings. The van der Waals surface area contributed by atoms with E-state index in [1.54, 1.807) is 36.4 Å². The smallest absolute Gasteiger partial charge is 0.339 e. The quantitative estimate of drug-likeness (QED) is 0.0904. The molecule has 3 amide bonds. The van der Waals surface area contributed by atoms with Crippen LogP contribution in [0.2, 0.25) is 0 Å². The van der Waals surface area contributed by atoms with Crippen LogP contribution in [-0.2, 0) is 28.5 Å². The van der Waals surface area contributed by atoms with Gasteiger partial charge in [0.1, 0.15) is 6.04 Å². The number of amides is 3. The molecule has 0 fully saturated rings. The van der Waals surface area contributed by atoms with Gasteiger partial charge in [-0.3, -0.25) is 19.6 Å². The Morgan fingerprint density at radius 2 is 1.33 bits per heavy atom. The third kappa shape index (κ3) is 10.9. The highest BCUT2D eigenvalue weighted by Crippen LogP contribution is 2.36. The van der Waals surface area contributed by atoms with Gasteiger partial charge in [-0.2, -0.15) is 26.3 Å². The van der Waals surface area contributed by atoms with E-state index in [1.807, 2.05) is 0 Å². The summed E-state index contributed by atoms with van der Waals surface area (Å²) in [5.41, 5.74) is 5.42. The minimum absolute atomic E-state index is 0. The normalized spacial score (nSPS) is 11.7. The summed E-state index contributed by atoms with van der Waals surface area (Å²) in [4.78, 5) is 36.0. The molecule has 0 saturated heterocycles. The average molecular weight is 638 g/mol. The third-order valence-electron chi connectivity index (χ3n) is 5.90. The Bertz CT molecular complexity index is 1510. The van der Waals surface area contributed by atoms with Crippen molar-refractivity contribution in [3.8, 4) is 11.8 Å². The zero-order chi connectivity index (χ0) is 32.5. The van der Waals surface area contributed by atoms with Crippen molar-refractivity contribution in [3.63, 3.8) is 0 Å². The number of anilines is 1. The summed E-state index contributed by atoms with van der Waals surface area (Å²) >= 11 is 0. The van der Waals surface area contributed by atoms with Crippen LogP contribution in [-0.4, -0.2) is 42.1 Å². The van der Waals surface area contributed by atoms with Crippen molar-refractivity contribution in [2.24, 2.45) is 5.73 Å². The first kappa shape index (κ1) is 36.3. The molecule has 15 heteroatoms. The lowest BCUT2D eigenvalue weighted by Crippen LogP contribution is -2.50. The summed E-state index contributed by atoms with van der Waals surface area (Å²) < 4.78 is 78.1. The molecule has 3 rings (SSSR count). The molecule has 0 heterocycles. The van der Waals surface area contributed by atoms with E-state index in [1.165, 1.54) is 17.6 Å². The van der Waals surface area contributed by atoms with Crippen molar-refractivity contribution in [1.82, 2.24) is 16.1 Å². The molecule has 0 aliphatic carbocycles. The van der Waals surface area contributed by atoms with Gasteiger partial charge in [0, 0.05) is 35.5 Å². The van der Waals surface area contributed by atoms with Crippen LogP contribution < -0.4 is 27.2 Å². The Balaban J connectivity index is 0.00000705. The van der Waals surface area contributed by atoms with Crippen molar-refractivity contribution < 1.29 is 45.9 Å². The van der Waals surface area contributed by atoms with Crippen molar-refractivity contribution in [1.29, 1.82) is 0 Å². The van der Waals surface area contributed by atoms with Crippen LogP contribution in [0.25, 0.3) is 0 Å². The van der Waals surface area contributed by atoms with Gasteiger partial charge in [-0.05, 0) is 72.3 Å². The maximum atomic E-state index is 13.0. The lowest BCUT2D eigenvalue weighted by molar-refractivity contribution is -0.143. The van der Waals surface area contributed by atoms with Gasteiger partial charge in [0.15, 0.2) is 0 Å². The summed E-state index contributed by atoms with van der Waals surface area (Å²) in [7, 11) is 0. The van der Waals surface area contributed by atoms with Gasteiger partial charge >= 0.3 is 12.4 Å². The molecular weight excluding hydrogens is 608 g/mol. The predicted molar refractivity (Wildman–Crippen MR) is 153 cm³/mol. The first-order chi connectivity index (χ1) is 20.7. The van der Waals surface area contributed by atoms with Crippen molar-refractivity contribution in [2.45, 2.75) is 32.4 Å². The molecule has 0 saturated carbocycles. The second kappa shape index (κ2) is 15.7. The zero-order valence-corrected chi connectivity index (χ0v) is 22.6. The SMILES string of the molecule is C.NC[C@H](NC(=O)c1ccc(C#Cc2ccc(NC(=O)CNCc3cc(C(F)(F)F)cc(C(F)(F)F)c3)cc2)cc1)C(=O)NO. The third-order valence-corrected chi connectivity index (χ3v) is 5.90. The van der Waals surface area contributed by atoms with Crippen molar-refractivity contribution >= 4 is 23.4 Å². The van der Waals surface area contributed by atoms with E-state index >= 15 is 0 Å². The van der Waals surface area contributed by atoms with Crippen LogP contribution >= 0.6 is 0 Å². The number of hydrogen-bond donors (Lipinski definition) is 6. The zero-order valence-electron chi connectivity index (χ0n) is 22.6. The monoisotopic (exact) mass is 637 g/mol. The Hall–Kier alpha value is -4.91. The Morgan fingerprint density at radius 1 is 0.822 bits per heavy atom. The van der Waals surface area contributed by atoms with Gasteiger partial charge in [0.25, 0.3) is 11.8 Å². The molecule has 240 valence electrons. The lowest BCUT2D eigenvalue weighted by Gasteiger charge is -2.14. The van der Waals surface area contributed by atoms with E-state index in [4.69, 9.17) is 10.9 Å². The predicted octanol–water partition coefficient (Wildman–Crippen LogP) is 4.05. The van der Waals surface area contributed by atoms with Crippen LogP contribution in [0.5, 0.6) is 0 Å². The molecule has 1 atom stereocenters. The first-order valence-corrected chi connectivity index (χ1v) is 12.7. The maximum Gasteiger partial charge on any atom is 0.416 e. The number of hydrogen-bond acceptors (Lipinski definition) is 6. The number of carbonyl (C=O) groups is 3. The van der Waals surface area contributed by atoms with Gasteiger partial charge in [0.2, 0.25) is 5.91 Å². The molecule has 0 unspecified atom stereocenters. The number of halogens is 6. The fourth-order valence-electron chi connectivity index (χ4n) is 3.68. The number of nitrogens with one attached hydrogen (secondary N) is 4. The summed E-state index contributed by atoms with van der Waals surface area (Å²) in [5, 5.41) is 16.2. The molecule has 3 aromatic rings. The molecule has 3 aromatic carbocycles. The summed E-state index contributed by atoms with van der Waals surface area (Å²) in [6, 6.07) is 12.5. The molecule has 9 nitrogen and oxygen atoms in total. The molecule has 0 aromatic heterocycles. The van der Waals surface area contributed by atoms with Gasteiger partial charge in [0.05, 0.1) is 17.7 Å². The fourth-order valence-corrected chi connectivity index (χ4v) is 3.68. The highest BCUT2D eigenvalue weighted by atomic mass is 19.4. The van der Waals surface area contributed by atoms with Crippen molar-refractivity contribution in [2.75, 3.05) is 18.4 Å². The molecule has 0 aliphatic heterocycles. The number of alkyl halides is 6. The maximum absolute atomic E-state index is 13.0. The second-order valence-electron chi connectivity index (χ2n) is 9.21. The number of rotatable bonds is 9. The molecular formula is C30H29F6N5O4. The van der Waals surface area contributed by atoms with Crippen molar-refractivity contribution in [3.05, 3.63) is 100 Å². The largest absolute Gasteiger partial charge is 0.416 e. The van der Waals surface area contributed by atoms with E-state index in [0.717, 1.165) is 0 Å². The summed E-state index contributed by atoms with van der Waals surface area (Å²) in [6.07, 6.45) is -9.94. The minimum atomic E-state index is -4.97.